The van der Waals surface area contributed by atoms with Crippen molar-refractivity contribution in [1.82, 2.24) is 15.2 Å². The Labute approximate surface area is 151 Å². The normalized spacial score (nSPS) is 10.8. The van der Waals surface area contributed by atoms with Crippen molar-refractivity contribution in [3.05, 3.63) is 50.4 Å². The summed E-state index contributed by atoms with van der Waals surface area (Å²) in [5.74, 6) is 0.509. The summed E-state index contributed by atoms with van der Waals surface area (Å²) >= 11 is 25.0. The topological polar surface area (TPSA) is 79.6 Å². The van der Waals surface area contributed by atoms with E-state index in [0.717, 1.165) is 0 Å². The van der Waals surface area contributed by atoms with Crippen LogP contribution in [-0.4, -0.2) is 15.2 Å². The maximum absolute atomic E-state index is 6.37. The van der Waals surface area contributed by atoms with Gasteiger partial charge in [0.05, 0.1) is 20.1 Å². The van der Waals surface area contributed by atoms with Gasteiger partial charge in [-0.2, -0.15) is 4.98 Å². The number of aromatic nitrogens is 3. The smallest absolute Gasteiger partial charge is 0.248 e. The number of aromatic amines is 1. The Morgan fingerprint density at radius 2 is 1.70 bits per heavy atom. The minimum absolute atomic E-state index is 0.201. The first kappa shape index (κ1) is 16.2. The third kappa shape index (κ3) is 3.33. The van der Waals surface area contributed by atoms with Gasteiger partial charge in [-0.1, -0.05) is 58.5 Å². The molecule has 0 saturated heterocycles. The molecule has 1 heterocycles. The Bertz CT molecular complexity index is 854. The van der Waals surface area contributed by atoms with Gasteiger partial charge in [-0.25, -0.2) is 5.10 Å². The molecule has 0 aliphatic heterocycles. The number of anilines is 3. The van der Waals surface area contributed by atoms with Crippen LogP contribution in [0.1, 0.15) is 0 Å². The van der Waals surface area contributed by atoms with Crippen LogP contribution in [0.3, 0.4) is 0 Å². The first-order valence-electron chi connectivity index (χ1n) is 6.34. The van der Waals surface area contributed by atoms with Gasteiger partial charge in [0.25, 0.3) is 0 Å². The lowest BCUT2D eigenvalue weighted by atomic mass is 10.0. The van der Waals surface area contributed by atoms with Crippen LogP contribution in [0.5, 0.6) is 0 Å². The molecule has 0 unspecified atom stereocenters. The van der Waals surface area contributed by atoms with Gasteiger partial charge >= 0.3 is 0 Å². The van der Waals surface area contributed by atoms with Gasteiger partial charge in [-0.05, 0) is 18.2 Å². The molecule has 0 saturated carbocycles. The fourth-order valence-electron chi connectivity index (χ4n) is 2.06. The third-order valence-corrected chi connectivity index (χ3v) is 4.44. The third-order valence-electron chi connectivity index (χ3n) is 3.02. The molecule has 0 fully saturated rings. The molecular weight excluding hydrogens is 380 g/mol. The highest BCUT2D eigenvalue weighted by Gasteiger charge is 2.15. The van der Waals surface area contributed by atoms with E-state index in [2.05, 4.69) is 20.5 Å². The quantitative estimate of drug-likeness (QED) is 0.560. The van der Waals surface area contributed by atoms with Crippen molar-refractivity contribution in [2.24, 2.45) is 0 Å². The molecule has 3 rings (SSSR count). The molecule has 0 bridgehead atoms. The van der Waals surface area contributed by atoms with Crippen LogP contribution >= 0.6 is 46.4 Å². The van der Waals surface area contributed by atoms with Crippen molar-refractivity contribution in [2.45, 2.75) is 0 Å². The summed E-state index contributed by atoms with van der Waals surface area (Å²) in [7, 11) is 0. The fourth-order valence-corrected chi connectivity index (χ4v) is 3.14. The SMILES string of the molecule is Nc1nc(Nc2cc(Cl)c(-c3cccc(Cl)c3Cl)c(Cl)c2)n[nH]1. The van der Waals surface area contributed by atoms with Gasteiger partial charge in [0.1, 0.15) is 0 Å². The number of nitrogens with two attached hydrogens (primary N) is 1. The molecule has 3 aromatic rings. The summed E-state index contributed by atoms with van der Waals surface area (Å²) in [5.41, 5.74) is 7.34. The fraction of sp³-hybridized carbons (Fsp3) is 0. The van der Waals surface area contributed by atoms with Gasteiger partial charge in [-0.15, -0.1) is 5.10 Å². The van der Waals surface area contributed by atoms with E-state index in [1.54, 1.807) is 30.3 Å². The van der Waals surface area contributed by atoms with E-state index in [-0.39, 0.29) is 5.95 Å². The molecule has 5 nitrogen and oxygen atoms in total. The first-order valence-corrected chi connectivity index (χ1v) is 7.85. The predicted molar refractivity (Wildman–Crippen MR) is 96.0 cm³/mol. The Balaban J connectivity index is 2.02. The minimum Gasteiger partial charge on any atom is -0.368 e. The molecule has 9 heteroatoms. The standard InChI is InChI=1S/C14H9Cl4N5/c15-8-3-1-2-7(12(8)18)11-9(16)4-6(5-10(11)17)20-14-21-13(19)22-23-14/h1-5H,(H4,19,20,21,22,23). The van der Waals surface area contributed by atoms with Crippen LogP contribution < -0.4 is 11.1 Å². The molecule has 0 aliphatic carbocycles. The molecule has 0 aliphatic rings. The zero-order valence-electron chi connectivity index (χ0n) is 11.4. The van der Waals surface area contributed by atoms with Crippen LogP contribution in [0, 0.1) is 0 Å². The summed E-state index contributed by atoms with van der Waals surface area (Å²) in [6, 6.07) is 8.64. The highest BCUT2D eigenvalue weighted by Crippen LogP contribution is 2.42. The van der Waals surface area contributed by atoms with Crippen molar-refractivity contribution in [2.75, 3.05) is 11.1 Å². The number of nitrogen functional groups attached to an aromatic ring is 1. The molecule has 0 radical (unpaired) electrons. The predicted octanol–water partition coefficient (Wildman–Crippen LogP) is 5.41. The monoisotopic (exact) mass is 387 g/mol. The van der Waals surface area contributed by atoms with Gasteiger partial charge in [0, 0.05) is 16.8 Å². The highest BCUT2D eigenvalue weighted by atomic mass is 35.5. The second-order valence-electron chi connectivity index (χ2n) is 4.59. The van der Waals surface area contributed by atoms with Crippen molar-refractivity contribution in [3.63, 3.8) is 0 Å². The maximum atomic E-state index is 6.37. The Hall–Kier alpha value is -1.66. The lowest BCUT2D eigenvalue weighted by Crippen LogP contribution is -1.94. The van der Waals surface area contributed by atoms with E-state index in [1.165, 1.54) is 0 Å². The number of hydrogen-bond donors (Lipinski definition) is 3. The molecule has 0 atom stereocenters. The number of halogens is 4. The Morgan fingerprint density at radius 3 is 2.30 bits per heavy atom. The van der Waals surface area contributed by atoms with Crippen LogP contribution in [0.2, 0.25) is 20.1 Å². The maximum Gasteiger partial charge on any atom is 0.248 e. The van der Waals surface area contributed by atoms with Gasteiger partial charge < -0.3 is 11.1 Å². The van der Waals surface area contributed by atoms with Crippen molar-refractivity contribution >= 4 is 64.0 Å². The van der Waals surface area contributed by atoms with Crippen LogP contribution in [0.25, 0.3) is 11.1 Å². The zero-order valence-corrected chi connectivity index (χ0v) is 14.4. The lowest BCUT2D eigenvalue weighted by molar-refractivity contribution is 1.10. The zero-order chi connectivity index (χ0) is 16.6. The largest absolute Gasteiger partial charge is 0.368 e. The van der Waals surface area contributed by atoms with Gasteiger partial charge in [0.2, 0.25) is 11.9 Å². The summed E-state index contributed by atoms with van der Waals surface area (Å²) in [4.78, 5) is 3.95. The van der Waals surface area contributed by atoms with E-state index in [9.17, 15) is 0 Å². The molecule has 2 aromatic carbocycles. The summed E-state index contributed by atoms with van der Waals surface area (Å²) in [5, 5.41) is 11.0. The second-order valence-corrected chi connectivity index (χ2v) is 6.19. The first-order chi connectivity index (χ1) is 11.0. The van der Waals surface area contributed by atoms with E-state index in [0.29, 0.717) is 42.9 Å². The number of benzene rings is 2. The number of rotatable bonds is 3. The molecule has 0 spiro atoms. The number of nitrogens with zero attached hydrogens (tertiary/aromatic N) is 2. The summed E-state index contributed by atoms with van der Waals surface area (Å²) in [6.07, 6.45) is 0. The Morgan fingerprint density at radius 1 is 1.00 bits per heavy atom. The lowest BCUT2D eigenvalue weighted by Gasteiger charge is -2.12. The minimum atomic E-state index is 0.201. The average molecular weight is 389 g/mol. The van der Waals surface area contributed by atoms with Gasteiger partial charge in [-0.3, -0.25) is 0 Å². The number of nitrogens with one attached hydrogen (secondary N) is 2. The van der Waals surface area contributed by atoms with Crippen LogP contribution in [0.15, 0.2) is 30.3 Å². The molecule has 23 heavy (non-hydrogen) atoms. The molecule has 118 valence electrons. The molecule has 4 N–H and O–H groups in total. The molecular formula is C14H9Cl4N5. The van der Waals surface area contributed by atoms with E-state index in [1.807, 2.05) is 0 Å². The van der Waals surface area contributed by atoms with E-state index < -0.39 is 0 Å². The Kier molecular flexibility index (Phi) is 4.55. The van der Waals surface area contributed by atoms with E-state index >= 15 is 0 Å². The van der Waals surface area contributed by atoms with Crippen LogP contribution in [-0.2, 0) is 0 Å². The second kappa shape index (κ2) is 6.45. The average Bonchev–Trinajstić information content (AvgIpc) is 2.88. The van der Waals surface area contributed by atoms with Crippen molar-refractivity contribution < 1.29 is 0 Å². The number of H-pyrrole nitrogens is 1. The van der Waals surface area contributed by atoms with Gasteiger partial charge in [0.15, 0.2) is 0 Å². The molecule has 0 amide bonds. The summed E-state index contributed by atoms with van der Waals surface area (Å²) < 4.78 is 0. The molecule has 1 aromatic heterocycles. The van der Waals surface area contributed by atoms with Crippen LogP contribution in [0.4, 0.5) is 17.6 Å². The number of hydrogen-bond acceptors (Lipinski definition) is 4. The van der Waals surface area contributed by atoms with Crippen molar-refractivity contribution in [1.29, 1.82) is 0 Å². The summed E-state index contributed by atoms with van der Waals surface area (Å²) in [6.45, 7) is 0. The van der Waals surface area contributed by atoms with Crippen molar-refractivity contribution in [3.8, 4) is 11.1 Å². The highest BCUT2D eigenvalue weighted by molar-refractivity contribution is 6.45. The van der Waals surface area contributed by atoms with E-state index in [4.69, 9.17) is 52.1 Å².